The van der Waals surface area contributed by atoms with Crippen molar-refractivity contribution in [1.29, 1.82) is 0 Å². The molecule has 0 spiro atoms. The number of unbranched alkanes of at least 4 members (excludes halogenated alkanes) is 44. The summed E-state index contributed by atoms with van der Waals surface area (Å²) in [7, 11) is -9.91. The van der Waals surface area contributed by atoms with Crippen LogP contribution in [0.1, 0.15) is 388 Å². The first-order valence-electron chi connectivity index (χ1n) is 39.0. The average molecular weight is 1380 g/mol. The van der Waals surface area contributed by atoms with E-state index in [1.54, 1.807) is 0 Å². The Labute approximate surface area is 575 Å². The van der Waals surface area contributed by atoms with Crippen molar-refractivity contribution in [3.05, 3.63) is 0 Å². The van der Waals surface area contributed by atoms with Crippen LogP contribution in [0.4, 0.5) is 0 Å². The summed E-state index contributed by atoms with van der Waals surface area (Å²) in [5.41, 5.74) is 0. The molecule has 5 atom stereocenters. The molecule has 0 aromatic heterocycles. The van der Waals surface area contributed by atoms with Crippen LogP contribution >= 0.6 is 15.6 Å². The van der Waals surface area contributed by atoms with E-state index < -0.39 is 97.5 Å². The summed E-state index contributed by atoms with van der Waals surface area (Å²) in [6, 6.07) is 0. The van der Waals surface area contributed by atoms with Crippen LogP contribution in [0.2, 0.25) is 0 Å². The zero-order valence-corrected chi connectivity index (χ0v) is 63.1. The van der Waals surface area contributed by atoms with Crippen LogP contribution in [0.3, 0.4) is 0 Å². The Morgan fingerprint density at radius 1 is 0.287 bits per heavy atom. The van der Waals surface area contributed by atoms with Gasteiger partial charge in [-0.1, -0.05) is 337 Å². The van der Waals surface area contributed by atoms with Crippen molar-refractivity contribution < 1.29 is 80.2 Å². The minimum atomic E-state index is -4.96. The second kappa shape index (κ2) is 66.9. The molecule has 3 N–H and O–H groups in total. The maximum atomic E-state index is 13.1. The van der Waals surface area contributed by atoms with Gasteiger partial charge in [-0.2, -0.15) is 0 Å². The van der Waals surface area contributed by atoms with Gasteiger partial charge in [0.2, 0.25) is 0 Å². The molecular weight excluding hydrogens is 1230 g/mol. The minimum Gasteiger partial charge on any atom is -0.462 e. The Morgan fingerprint density at radius 2 is 0.489 bits per heavy atom. The summed E-state index contributed by atoms with van der Waals surface area (Å²) < 4.78 is 68.5. The maximum Gasteiger partial charge on any atom is 0.472 e. The predicted molar refractivity (Wildman–Crippen MR) is 381 cm³/mol. The van der Waals surface area contributed by atoms with Gasteiger partial charge in [-0.05, 0) is 37.5 Å². The number of hydrogen-bond acceptors (Lipinski definition) is 15. The summed E-state index contributed by atoms with van der Waals surface area (Å²) in [5.74, 6) is -0.642. The van der Waals surface area contributed by atoms with Gasteiger partial charge in [-0.3, -0.25) is 37.3 Å². The predicted octanol–water partition coefficient (Wildman–Crippen LogP) is 21.9. The van der Waals surface area contributed by atoms with E-state index in [2.05, 4.69) is 41.5 Å². The molecule has 558 valence electrons. The molecule has 94 heavy (non-hydrogen) atoms. The third-order valence-electron chi connectivity index (χ3n) is 17.5. The monoisotopic (exact) mass is 1380 g/mol. The lowest BCUT2D eigenvalue weighted by Gasteiger charge is -2.21. The highest BCUT2D eigenvalue weighted by atomic mass is 31.2. The molecule has 0 heterocycles. The molecule has 0 radical (unpaired) electrons. The molecule has 0 aliphatic heterocycles. The van der Waals surface area contributed by atoms with Crippen molar-refractivity contribution in [2.75, 3.05) is 39.6 Å². The molecule has 0 aromatic carbocycles. The van der Waals surface area contributed by atoms with Gasteiger partial charge in [-0.15, -0.1) is 0 Å². The van der Waals surface area contributed by atoms with Gasteiger partial charge in [0.1, 0.15) is 19.3 Å². The average Bonchev–Trinajstić information content (AvgIpc) is 1.14. The Hall–Kier alpha value is -1.94. The zero-order valence-electron chi connectivity index (χ0n) is 61.3. The summed E-state index contributed by atoms with van der Waals surface area (Å²) in [5, 5.41) is 10.6. The number of hydrogen-bond donors (Lipinski definition) is 3. The number of rotatable bonds is 74. The maximum absolute atomic E-state index is 13.1. The van der Waals surface area contributed by atoms with Crippen LogP contribution in [-0.4, -0.2) is 96.7 Å². The number of carbonyl (C=O) groups excluding carboxylic acids is 4. The van der Waals surface area contributed by atoms with Gasteiger partial charge in [0, 0.05) is 25.7 Å². The van der Waals surface area contributed by atoms with Gasteiger partial charge in [0.05, 0.1) is 26.4 Å². The van der Waals surface area contributed by atoms with Gasteiger partial charge in [0.15, 0.2) is 12.2 Å². The van der Waals surface area contributed by atoms with Crippen molar-refractivity contribution in [1.82, 2.24) is 0 Å². The molecule has 0 saturated heterocycles. The van der Waals surface area contributed by atoms with E-state index in [-0.39, 0.29) is 25.7 Å². The Morgan fingerprint density at radius 3 is 0.723 bits per heavy atom. The summed E-state index contributed by atoms with van der Waals surface area (Å²) >= 11 is 0. The third-order valence-corrected chi connectivity index (χ3v) is 19.4. The topological polar surface area (TPSA) is 237 Å². The van der Waals surface area contributed by atoms with Crippen LogP contribution in [0.15, 0.2) is 0 Å². The minimum absolute atomic E-state index is 0.106. The van der Waals surface area contributed by atoms with Crippen molar-refractivity contribution >= 4 is 39.5 Å². The molecule has 0 amide bonds. The normalized spacial score (nSPS) is 14.0. The lowest BCUT2D eigenvalue weighted by Crippen LogP contribution is -2.30. The SMILES string of the molecule is CCCCCCCCCCCCCCCCCCC(=O)OC[C@H](COP(=O)(O)OC[C@@H](O)COP(=O)(O)OC[C@@H](COC(=O)CCCCCCCCC(C)C)OC(=O)CCCCCCCCCCCCCC)OC(=O)CCCCCCCCCCCCCCCCC(C)C. The summed E-state index contributed by atoms with van der Waals surface area (Å²) in [6.07, 6.45) is 54.2. The van der Waals surface area contributed by atoms with E-state index in [0.29, 0.717) is 31.6 Å². The van der Waals surface area contributed by atoms with E-state index in [4.69, 9.17) is 37.0 Å². The number of ether oxygens (including phenoxy) is 4. The number of phosphoric acid groups is 2. The third kappa shape index (κ3) is 68.6. The van der Waals surface area contributed by atoms with Gasteiger partial charge in [0.25, 0.3) is 0 Å². The lowest BCUT2D eigenvalue weighted by atomic mass is 10.0. The van der Waals surface area contributed by atoms with E-state index in [9.17, 15) is 43.2 Å². The van der Waals surface area contributed by atoms with E-state index in [1.165, 1.54) is 199 Å². The molecule has 0 aromatic rings. The number of carbonyl (C=O) groups is 4. The zero-order chi connectivity index (χ0) is 69.3. The molecule has 0 fully saturated rings. The van der Waals surface area contributed by atoms with Crippen molar-refractivity contribution in [2.45, 2.75) is 407 Å². The quantitative estimate of drug-likeness (QED) is 0.0222. The van der Waals surface area contributed by atoms with E-state index >= 15 is 0 Å². The Bertz CT molecular complexity index is 1820. The first kappa shape index (κ1) is 92.1. The molecule has 0 rings (SSSR count). The molecule has 0 bridgehead atoms. The highest BCUT2D eigenvalue weighted by Gasteiger charge is 2.30. The van der Waals surface area contributed by atoms with Crippen molar-refractivity contribution in [3.8, 4) is 0 Å². The number of esters is 4. The fourth-order valence-corrected chi connectivity index (χ4v) is 13.1. The molecular formula is C75H146O17P2. The molecule has 2 unspecified atom stereocenters. The molecule has 0 aliphatic rings. The Kier molecular flexibility index (Phi) is 65.5. The standard InChI is InChI=1S/C75H146O17P2/c1-7-9-11-13-15-17-19-21-22-23-27-31-34-38-45-51-57-72(77)85-63-70(91-75(80)60-54-48-40-36-32-28-25-24-26-29-33-37-43-49-55-67(3)4)65-89-93(81,82)87-61-69(76)62-88-94(83,84)90-66-71(64-86-73(78)58-52-46-42-41-44-50-56-68(5)6)92-74(79)59-53-47-39-35-30-20-18-16-14-12-10-8-2/h67-71,76H,7-66H2,1-6H3,(H,81,82)(H,83,84)/t69-,70-,71-/m1/s1. The van der Waals surface area contributed by atoms with Gasteiger partial charge >= 0.3 is 39.5 Å². The smallest absolute Gasteiger partial charge is 0.462 e. The van der Waals surface area contributed by atoms with Gasteiger partial charge < -0.3 is 33.8 Å². The molecule has 0 aliphatic carbocycles. The van der Waals surface area contributed by atoms with Crippen LogP contribution in [0.25, 0.3) is 0 Å². The van der Waals surface area contributed by atoms with Crippen LogP contribution in [0, 0.1) is 11.8 Å². The van der Waals surface area contributed by atoms with Crippen LogP contribution < -0.4 is 0 Å². The highest BCUT2D eigenvalue weighted by Crippen LogP contribution is 2.45. The largest absolute Gasteiger partial charge is 0.472 e. The van der Waals surface area contributed by atoms with Crippen LogP contribution in [-0.2, 0) is 65.4 Å². The number of phosphoric ester groups is 2. The highest BCUT2D eigenvalue weighted by molar-refractivity contribution is 7.47. The fraction of sp³-hybridized carbons (Fsp3) is 0.947. The van der Waals surface area contributed by atoms with Gasteiger partial charge in [-0.25, -0.2) is 9.13 Å². The van der Waals surface area contributed by atoms with Crippen molar-refractivity contribution in [3.63, 3.8) is 0 Å². The van der Waals surface area contributed by atoms with E-state index in [0.717, 1.165) is 102 Å². The summed E-state index contributed by atoms with van der Waals surface area (Å²) in [4.78, 5) is 72.7. The molecule has 19 heteroatoms. The van der Waals surface area contributed by atoms with Crippen molar-refractivity contribution in [2.24, 2.45) is 11.8 Å². The number of aliphatic hydroxyl groups is 1. The number of aliphatic hydroxyl groups excluding tert-OH is 1. The second-order valence-electron chi connectivity index (χ2n) is 28.0. The lowest BCUT2D eigenvalue weighted by molar-refractivity contribution is -0.161. The first-order valence-corrected chi connectivity index (χ1v) is 42.0. The van der Waals surface area contributed by atoms with Crippen LogP contribution in [0.5, 0.6) is 0 Å². The fourth-order valence-electron chi connectivity index (χ4n) is 11.5. The Balaban J connectivity index is 5.23. The summed E-state index contributed by atoms with van der Waals surface area (Å²) in [6.45, 7) is 9.53. The molecule has 0 saturated carbocycles. The first-order chi connectivity index (χ1) is 45.4. The molecule has 17 nitrogen and oxygen atoms in total. The van der Waals surface area contributed by atoms with E-state index in [1.807, 2.05) is 0 Å². The second-order valence-corrected chi connectivity index (χ2v) is 30.9.